The highest BCUT2D eigenvalue weighted by Crippen LogP contribution is 2.41. The number of benzene rings is 5. The van der Waals surface area contributed by atoms with Gasteiger partial charge in [-0.2, -0.15) is 132 Å². The van der Waals surface area contributed by atoms with Gasteiger partial charge in [-0.25, -0.2) is 4.98 Å². The fraction of sp³-hybridized carbons (Fsp3) is 0.217. The lowest BCUT2D eigenvalue weighted by atomic mass is 9.12. The second-order valence-corrected chi connectivity index (χ2v) is 16.5. The lowest BCUT2D eigenvalue weighted by Gasteiger charge is -2.46. The summed E-state index contributed by atoms with van der Waals surface area (Å²) in [7, 11) is 0. The van der Waals surface area contributed by atoms with Gasteiger partial charge in [0.1, 0.15) is 6.15 Å². The molecule has 0 aliphatic heterocycles. The number of halogens is 24. The van der Waals surface area contributed by atoms with Gasteiger partial charge in [0.2, 0.25) is 12.3 Å². The second-order valence-electron chi connectivity index (χ2n) is 16.5. The standard InChI is InChI=1S/C32H12BF24.C14H12N3O4/c34-25(35,36)13-1-14(26(37,38)39)6-21(5-13)33(22-7-15(27(40,41)42)2-16(8-22)28(43,44)45,23-9-17(29(46,47)48)3-18(10-23)30(49,50)51)24-11-19(31(52,53)54)4-20(12-24)32(55,56)57;18-13(11-4-2-1-3-5-11)9-16-7-6-15-12(8-16)14(19)10-17(20)21/h1-12H;1-8H,9-10H2/q-1;+1. The Labute approximate surface area is 418 Å². The second kappa shape index (κ2) is 21.3. The van der Waals surface area contributed by atoms with E-state index < -0.39 is 212 Å². The third-order valence-electron chi connectivity index (χ3n) is 11.2. The number of carbonyl (C=O) groups excluding carboxylic acids is 2. The van der Waals surface area contributed by atoms with E-state index in [9.17, 15) is 125 Å². The third-order valence-corrected chi connectivity index (χ3v) is 11.2. The fourth-order valence-corrected chi connectivity index (χ4v) is 7.83. The van der Waals surface area contributed by atoms with E-state index in [0.29, 0.717) is 5.56 Å². The molecule has 6 aromatic rings. The zero-order chi connectivity index (χ0) is 59.2. The van der Waals surface area contributed by atoms with E-state index in [1.807, 2.05) is 6.07 Å². The topological polar surface area (TPSA) is 94.1 Å². The van der Waals surface area contributed by atoms with Crippen LogP contribution in [0, 0.1) is 10.1 Å². The van der Waals surface area contributed by atoms with Gasteiger partial charge in [-0.1, -0.05) is 78.9 Å². The van der Waals surface area contributed by atoms with Gasteiger partial charge < -0.3 is 0 Å². The van der Waals surface area contributed by atoms with Crippen molar-refractivity contribution in [3.05, 3.63) is 188 Å². The van der Waals surface area contributed by atoms with Gasteiger partial charge in [0.25, 0.3) is 12.3 Å². The average Bonchev–Trinajstić information content (AvgIpc) is 3.29. The molecule has 0 spiro atoms. The van der Waals surface area contributed by atoms with E-state index in [1.165, 1.54) is 23.2 Å². The van der Waals surface area contributed by atoms with E-state index in [1.54, 1.807) is 24.3 Å². The van der Waals surface area contributed by atoms with Crippen LogP contribution in [0.5, 0.6) is 0 Å². The summed E-state index contributed by atoms with van der Waals surface area (Å²) in [4.78, 5) is 37.0. The maximum atomic E-state index is 14.2. The maximum absolute atomic E-state index is 14.2. The van der Waals surface area contributed by atoms with Crippen molar-refractivity contribution in [2.75, 3.05) is 6.54 Å². The predicted molar refractivity (Wildman–Crippen MR) is 221 cm³/mol. The quantitative estimate of drug-likeness (QED) is 0.0340. The number of nitrogens with zero attached hydrogens (tertiary/aromatic N) is 3. The smallest absolute Gasteiger partial charge is 0.287 e. The highest BCUT2D eigenvalue weighted by Gasteiger charge is 2.47. The van der Waals surface area contributed by atoms with Crippen LogP contribution in [-0.2, 0) is 56.0 Å². The van der Waals surface area contributed by atoms with E-state index in [0.717, 1.165) is 0 Å². The van der Waals surface area contributed by atoms with Gasteiger partial charge in [0, 0.05) is 10.5 Å². The third kappa shape index (κ3) is 14.5. The molecular formula is C46H24BF24N3O4. The Morgan fingerprint density at radius 2 is 0.705 bits per heavy atom. The zero-order valence-corrected chi connectivity index (χ0v) is 37.6. The highest BCUT2D eigenvalue weighted by atomic mass is 19.4. The number of ketones is 2. The fourth-order valence-electron chi connectivity index (χ4n) is 7.83. The Morgan fingerprint density at radius 1 is 0.436 bits per heavy atom. The summed E-state index contributed by atoms with van der Waals surface area (Å²) >= 11 is 0. The van der Waals surface area contributed by atoms with E-state index in [2.05, 4.69) is 4.98 Å². The zero-order valence-electron chi connectivity index (χ0n) is 37.6. The molecule has 0 amide bonds. The SMILES string of the molecule is FC(F)(F)c1cc([B-](c2cc(C(F)(F)F)cc(C(F)(F)F)c2)(c2cc(C(F)(F)F)cc(C(F)(F)F)c2)c2cc(C(F)(F)F)cc(C(F)(F)F)c2)cc(C(F)(F)F)c1.O=C(C[n+]1ccnc(C(=O)C[N+](=O)[O-])c1)c1ccccc1. The van der Waals surface area contributed by atoms with Gasteiger partial charge in [0.15, 0.2) is 18.1 Å². The Kier molecular flexibility index (Phi) is 16.7. The van der Waals surface area contributed by atoms with E-state index in [-0.39, 0.29) is 18.0 Å². The number of aromatic nitrogens is 2. The lowest BCUT2D eigenvalue weighted by molar-refractivity contribution is -0.683. The molecule has 78 heavy (non-hydrogen) atoms. The Morgan fingerprint density at radius 3 is 0.949 bits per heavy atom. The molecule has 6 rings (SSSR count). The van der Waals surface area contributed by atoms with Gasteiger partial charge in [-0.05, 0) is 24.3 Å². The number of carbonyl (C=O) groups is 2. The maximum Gasteiger partial charge on any atom is 0.416 e. The largest absolute Gasteiger partial charge is 0.416 e. The van der Waals surface area contributed by atoms with Crippen molar-refractivity contribution < 1.29 is 124 Å². The molecule has 0 aliphatic carbocycles. The monoisotopic (exact) mass is 1150 g/mol. The van der Waals surface area contributed by atoms with Gasteiger partial charge in [0.05, 0.1) is 50.7 Å². The van der Waals surface area contributed by atoms with Crippen molar-refractivity contribution in [2.45, 2.75) is 56.0 Å². The van der Waals surface area contributed by atoms with Crippen LogP contribution < -0.4 is 26.4 Å². The van der Waals surface area contributed by atoms with Crippen molar-refractivity contribution in [1.29, 1.82) is 0 Å². The summed E-state index contributed by atoms with van der Waals surface area (Å²) in [6.45, 7) is -0.783. The molecule has 1 heterocycles. The first-order valence-corrected chi connectivity index (χ1v) is 20.8. The van der Waals surface area contributed by atoms with E-state index >= 15 is 0 Å². The van der Waals surface area contributed by atoms with Gasteiger partial charge in [-0.15, -0.1) is 0 Å². The summed E-state index contributed by atoms with van der Waals surface area (Å²) in [5, 5.41) is 10.3. The van der Waals surface area contributed by atoms with Gasteiger partial charge in [-0.3, -0.25) is 19.7 Å². The van der Waals surface area contributed by atoms with Crippen LogP contribution in [0.4, 0.5) is 105 Å². The Balaban J connectivity index is 0.000000443. The molecule has 32 heteroatoms. The summed E-state index contributed by atoms with van der Waals surface area (Å²) in [6.07, 6.45) is -50.6. The van der Waals surface area contributed by atoms with Crippen molar-refractivity contribution >= 4 is 39.6 Å². The molecule has 7 nitrogen and oxygen atoms in total. The number of rotatable bonds is 10. The van der Waals surface area contributed by atoms with Crippen molar-refractivity contribution in [2.24, 2.45) is 0 Å². The summed E-state index contributed by atoms with van der Waals surface area (Å²) in [6, 6.07) is -0.0846. The number of hydrogen-bond acceptors (Lipinski definition) is 5. The van der Waals surface area contributed by atoms with Crippen LogP contribution in [0.1, 0.15) is 65.4 Å². The molecule has 418 valence electrons. The predicted octanol–water partition coefficient (Wildman–Crippen LogP) is 11.9. The minimum Gasteiger partial charge on any atom is -0.287 e. The van der Waals surface area contributed by atoms with Crippen LogP contribution in [-0.4, -0.2) is 34.2 Å². The molecule has 0 atom stereocenters. The molecule has 0 N–H and O–H groups in total. The molecule has 0 unspecified atom stereocenters. The molecule has 5 aromatic carbocycles. The normalized spacial score (nSPS) is 13.2. The van der Waals surface area contributed by atoms with Gasteiger partial charge >= 0.3 is 49.4 Å². The number of nitro groups is 1. The van der Waals surface area contributed by atoms with Crippen LogP contribution in [0.3, 0.4) is 0 Å². The minimum atomic E-state index is -6.13. The molecule has 0 fully saturated rings. The highest BCUT2D eigenvalue weighted by molar-refractivity contribution is 7.20. The number of hydrogen-bond donors (Lipinski definition) is 0. The molecule has 0 aliphatic rings. The Hall–Kier alpha value is -7.70. The molecular weight excluding hydrogens is 1130 g/mol. The number of Topliss-reactive ketones (excluding diaryl/α,β-unsaturated/α-hetero) is 2. The summed E-state index contributed by atoms with van der Waals surface area (Å²) < 4.78 is 342. The van der Waals surface area contributed by atoms with Crippen molar-refractivity contribution in [3.63, 3.8) is 0 Å². The van der Waals surface area contributed by atoms with Crippen molar-refractivity contribution in [3.8, 4) is 0 Å². The summed E-state index contributed by atoms with van der Waals surface area (Å²) in [5.74, 6) is -0.819. The first-order chi connectivity index (χ1) is 35.3. The van der Waals surface area contributed by atoms with Crippen LogP contribution in [0.25, 0.3) is 0 Å². The lowest BCUT2D eigenvalue weighted by Crippen LogP contribution is -2.75. The van der Waals surface area contributed by atoms with E-state index in [4.69, 9.17) is 0 Å². The van der Waals surface area contributed by atoms with Crippen LogP contribution in [0.15, 0.2) is 122 Å². The average molecular weight is 1150 g/mol. The molecule has 0 saturated heterocycles. The number of alkyl halides is 24. The summed E-state index contributed by atoms with van der Waals surface area (Å²) in [5.41, 5.74) is -29.7. The molecule has 0 bridgehead atoms. The molecule has 0 saturated carbocycles. The Bertz CT molecular complexity index is 2770. The minimum absolute atomic E-state index is 0.0324. The van der Waals surface area contributed by atoms with Crippen molar-refractivity contribution in [1.82, 2.24) is 4.98 Å². The molecule has 0 radical (unpaired) electrons. The first-order valence-electron chi connectivity index (χ1n) is 20.8. The first kappa shape index (κ1) is 61.2. The van der Waals surface area contributed by atoms with Crippen LogP contribution >= 0.6 is 0 Å². The van der Waals surface area contributed by atoms with Crippen LogP contribution in [0.2, 0.25) is 0 Å². The molecule has 1 aromatic heterocycles.